The SMILES string of the molecule is O=C(NCC1CCCOC1)c1ccc(F)c(S(=O)(=O)Cl)c1. The zero-order valence-electron chi connectivity index (χ0n) is 11.1. The van der Waals surface area contributed by atoms with E-state index in [0.29, 0.717) is 13.2 Å². The third kappa shape index (κ3) is 4.39. The molecular weight excluding hydrogens is 321 g/mol. The van der Waals surface area contributed by atoms with Crippen molar-refractivity contribution in [1.29, 1.82) is 0 Å². The van der Waals surface area contributed by atoms with E-state index in [9.17, 15) is 17.6 Å². The Morgan fingerprint density at radius 3 is 2.86 bits per heavy atom. The molecule has 1 amide bonds. The maximum absolute atomic E-state index is 13.4. The van der Waals surface area contributed by atoms with Gasteiger partial charge in [-0.2, -0.15) is 0 Å². The molecular formula is C13H15ClFNO4S. The predicted molar refractivity (Wildman–Crippen MR) is 75.3 cm³/mol. The lowest BCUT2D eigenvalue weighted by molar-refractivity contribution is 0.0536. The van der Waals surface area contributed by atoms with Crippen LogP contribution >= 0.6 is 10.7 Å². The largest absolute Gasteiger partial charge is 0.381 e. The van der Waals surface area contributed by atoms with Gasteiger partial charge in [0, 0.05) is 29.4 Å². The van der Waals surface area contributed by atoms with E-state index in [4.69, 9.17) is 15.4 Å². The zero-order chi connectivity index (χ0) is 15.5. The van der Waals surface area contributed by atoms with Crippen molar-refractivity contribution >= 4 is 25.6 Å². The van der Waals surface area contributed by atoms with Gasteiger partial charge in [-0.3, -0.25) is 4.79 Å². The first-order valence-electron chi connectivity index (χ1n) is 6.48. The lowest BCUT2D eigenvalue weighted by Gasteiger charge is -2.22. The highest BCUT2D eigenvalue weighted by atomic mass is 35.7. The summed E-state index contributed by atoms with van der Waals surface area (Å²) in [6.45, 7) is 1.75. The number of halogens is 2. The van der Waals surface area contributed by atoms with Crippen LogP contribution in [0, 0.1) is 11.7 Å². The molecule has 21 heavy (non-hydrogen) atoms. The standard InChI is InChI=1S/C13H15ClFNO4S/c14-21(18,19)12-6-10(3-4-11(12)15)13(17)16-7-9-2-1-5-20-8-9/h3-4,6,9H,1-2,5,7-8H2,(H,16,17). The fourth-order valence-electron chi connectivity index (χ4n) is 2.14. The molecule has 1 atom stereocenters. The summed E-state index contributed by atoms with van der Waals surface area (Å²) in [6.07, 6.45) is 1.91. The molecule has 1 aliphatic rings. The predicted octanol–water partition coefficient (Wildman–Crippen LogP) is 1.91. The van der Waals surface area contributed by atoms with Gasteiger partial charge in [0.25, 0.3) is 15.0 Å². The molecule has 1 fully saturated rings. The third-order valence-corrected chi connectivity index (χ3v) is 4.60. The number of benzene rings is 1. The molecule has 1 heterocycles. The number of hydrogen-bond donors (Lipinski definition) is 1. The van der Waals surface area contributed by atoms with Gasteiger partial charge in [0.2, 0.25) is 0 Å². The summed E-state index contributed by atoms with van der Waals surface area (Å²) in [4.78, 5) is 11.3. The highest BCUT2D eigenvalue weighted by Crippen LogP contribution is 2.20. The number of rotatable bonds is 4. The maximum Gasteiger partial charge on any atom is 0.264 e. The van der Waals surface area contributed by atoms with Gasteiger partial charge < -0.3 is 10.1 Å². The van der Waals surface area contributed by atoms with Crippen LogP contribution in [-0.2, 0) is 13.8 Å². The molecule has 0 aliphatic carbocycles. The number of amides is 1. The van der Waals surface area contributed by atoms with E-state index in [2.05, 4.69) is 5.32 Å². The molecule has 1 aliphatic heterocycles. The number of ether oxygens (including phenoxy) is 1. The normalized spacial score (nSPS) is 19.2. The minimum Gasteiger partial charge on any atom is -0.381 e. The van der Waals surface area contributed by atoms with Crippen LogP contribution in [0.4, 0.5) is 4.39 Å². The Bertz CT molecular complexity index is 629. The second-order valence-corrected chi connectivity index (χ2v) is 7.41. The van der Waals surface area contributed by atoms with Crippen LogP contribution in [0.5, 0.6) is 0 Å². The smallest absolute Gasteiger partial charge is 0.264 e. The lowest BCUT2D eigenvalue weighted by Crippen LogP contribution is -2.33. The Morgan fingerprint density at radius 1 is 1.48 bits per heavy atom. The van der Waals surface area contributed by atoms with E-state index in [1.54, 1.807) is 0 Å². The van der Waals surface area contributed by atoms with Crippen LogP contribution < -0.4 is 5.32 Å². The summed E-state index contributed by atoms with van der Waals surface area (Å²) in [7, 11) is 0.896. The van der Waals surface area contributed by atoms with Gasteiger partial charge in [-0.25, -0.2) is 12.8 Å². The monoisotopic (exact) mass is 335 g/mol. The Balaban J connectivity index is 2.05. The van der Waals surface area contributed by atoms with Gasteiger partial charge in [-0.15, -0.1) is 0 Å². The van der Waals surface area contributed by atoms with Gasteiger partial charge in [-0.05, 0) is 37.0 Å². The molecule has 0 bridgehead atoms. The minimum absolute atomic E-state index is 0.0485. The Morgan fingerprint density at radius 2 is 2.24 bits per heavy atom. The summed E-state index contributed by atoms with van der Waals surface area (Å²) >= 11 is 0. The van der Waals surface area contributed by atoms with E-state index in [1.165, 1.54) is 6.07 Å². The van der Waals surface area contributed by atoms with E-state index in [-0.39, 0.29) is 11.5 Å². The van der Waals surface area contributed by atoms with Crippen molar-refractivity contribution in [1.82, 2.24) is 5.32 Å². The van der Waals surface area contributed by atoms with Gasteiger partial charge in [0.1, 0.15) is 10.7 Å². The molecule has 8 heteroatoms. The lowest BCUT2D eigenvalue weighted by atomic mass is 10.0. The Hall–Kier alpha value is -1.18. The topological polar surface area (TPSA) is 72.5 Å². The molecule has 0 saturated carbocycles. The number of carbonyl (C=O) groups excluding carboxylic acids is 1. The number of carbonyl (C=O) groups is 1. The van der Waals surface area contributed by atoms with Crippen LogP contribution in [0.1, 0.15) is 23.2 Å². The summed E-state index contributed by atoms with van der Waals surface area (Å²) in [5.41, 5.74) is 0.0485. The van der Waals surface area contributed by atoms with Gasteiger partial charge in [0.05, 0.1) is 6.61 Å². The molecule has 0 radical (unpaired) electrons. The summed E-state index contributed by atoms with van der Waals surface area (Å²) in [5.74, 6) is -1.22. The van der Waals surface area contributed by atoms with E-state index in [0.717, 1.165) is 31.6 Å². The highest BCUT2D eigenvalue weighted by Gasteiger charge is 2.20. The summed E-state index contributed by atoms with van der Waals surface area (Å²) in [6, 6.07) is 3.06. The van der Waals surface area contributed by atoms with Crippen LogP contribution in [0.3, 0.4) is 0 Å². The van der Waals surface area contributed by atoms with E-state index in [1.807, 2.05) is 0 Å². The van der Waals surface area contributed by atoms with Crippen LogP contribution in [0.2, 0.25) is 0 Å². The quantitative estimate of drug-likeness (QED) is 0.853. The molecule has 1 N–H and O–H groups in total. The summed E-state index contributed by atoms with van der Waals surface area (Å²) in [5, 5.41) is 2.69. The molecule has 1 aromatic carbocycles. The minimum atomic E-state index is -4.23. The van der Waals surface area contributed by atoms with Crippen molar-refractivity contribution in [3.63, 3.8) is 0 Å². The number of hydrogen-bond acceptors (Lipinski definition) is 4. The molecule has 1 saturated heterocycles. The third-order valence-electron chi connectivity index (χ3n) is 3.26. The second kappa shape index (κ2) is 6.72. The maximum atomic E-state index is 13.4. The van der Waals surface area contributed by atoms with Crippen LogP contribution in [0.25, 0.3) is 0 Å². The van der Waals surface area contributed by atoms with Gasteiger partial charge in [0.15, 0.2) is 0 Å². The molecule has 1 unspecified atom stereocenters. The van der Waals surface area contributed by atoms with Crippen molar-refractivity contribution in [2.75, 3.05) is 19.8 Å². The zero-order valence-corrected chi connectivity index (χ0v) is 12.7. The van der Waals surface area contributed by atoms with E-state index >= 15 is 0 Å². The summed E-state index contributed by atoms with van der Waals surface area (Å²) < 4.78 is 41.1. The average Bonchev–Trinajstić information content (AvgIpc) is 2.45. The fourth-order valence-corrected chi connectivity index (χ4v) is 3.06. The van der Waals surface area contributed by atoms with Crippen molar-refractivity contribution in [2.45, 2.75) is 17.7 Å². The Labute approximate surface area is 126 Å². The van der Waals surface area contributed by atoms with Crippen molar-refractivity contribution < 1.29 is 22.3 Å². The molecule has 5 nitrogen and oxygen atoms in total. The van der Waals surface area contributed by atoms with Crippen molar-refractivity contribution in [3.8, 4) is 0 Å². The first-order chi connectivity index (χ1) is 9.88. The highest BCUT2D eigenvalue weighted by molar-refractivity contribution is 8.13. The Kier molecular flexibility index (Phi) is 5.18. The molecule has 2 rings (SSSR count). The van der Waals surface area contributed by atoms with Crippen molar-refractivity contribution in [2.24, 2.45) is 5.92 Å². The van der Waals surface area contributed by atoms with Crippen LogP contribution in [-0.4, -0.2) is 34.1 Å². The molecule has 0 aromatic heterocycles. The van der Waals surface area contributed by atoms with Gasteiger partial charge >= 0.3 is 0 Å². The van der Waals surface area contributed by atoms with Crippen LogP contribution in [0.15, 0.2) is 23.1 Å². The molecule has 116 valence electrons. The van der Waals surface area contributed by atoms with Gasteiger partial charge in [-0.1, -0.05) is 0 Å². The number of nitrogens with one attached hydrogen (secondary N) is 1. The van der Waals surface area contributed by atoms with E-state index < -0.39 is 25.7 Å². The van der Waals surface area contributed by atoms with Crippen molar-refractivity contribution in [3.05, 3.63) is 29.6 Å². The first-order valence-corrected chi connectivity index (χ1v) is 8.79. The second-order valence-electron chi connectivity index (χ2n) is 4.88. The molecule has 1 aromatic rings. The fraction of sp³-hybridized carbons (Fsp3) is 0.462. The molecule has 0 spiro atoms. The first kappa shape index (κ1) is 16.2. The average molecular weight is 336 g/mol.